The molecule has 0 N–H and O–H groups in total. The Morgan fingerprint density at radius 3 is 2.50 bits per heavy atom. The number of hydrogen-bond acceptors (Lipinski definition) is 5. The molecule has 0 spiro atoms. The second-order valence-corrected chi connectivity index (χ2v) is 5.79. The Kier molecular flexibility index (Phi) is 5.88. The number of aromatic nitrogens is 1. The van der Waals surface area contributed by atoms with E-state index in [1.165, 1.54) is 11.3 Å². The van der Waals surface area contributed by atoms with Gasteiger partial charge in [0.15, 0.2) is 6.61 Å². The number of ether oxygens (including phenoxy) is 1. The van der Waals surface area contributed by atoms with Crippen LogP contribution in [-0.2, 0) is 9.53 Å². The number of hydrogen-bond donors (Lipinski definition) is 0. The third-order valence-corrected chi connectivity index (χ3v) is 3.66. The largest absolute Gasteiger partial charge is 0.451 e. The van der Waals surface area contributed by atoms with Crippen molar-refractivity contribution in [2.24, 2.45) is 0 Å². The Labute approximate surface area is 123 Å². The van der Waals surface area contributed by atoms with Gasteiger partial charge in [0.05, 0.1) is 10.7 Å². The van der Waals surface area contributed by atoms with E-state index in [2.05, 4.69) is 11.6 Å². The maximum absolute atomic E-state index is 11.9. The van der Waals surface area contributed by atoms with Crippen LogP contribution in [0.3, 0.4) is 0 Å². The van der Waals surface area contributed by atoms with Crippen molar-refractivity contribution < 1.29 is 14.3 Å². The second kappa shape index (κ2) is 7.19. The van der Waals surface area contributed by atoms with E-state index >= 15 is 0 Å². The van der Waals surface area contributed by atoms with E-state index in [-0.39, 0.29) is 12.5 Å². The van der Waals surface area contributed by atoms with Gasteiger partial charge in [-0.2, -0.15) is 0 Å². The van der Waals surface area contributed by atoms with E-state index in [1.54, 1.807) is 11.8 Å². The maximum Gasteiger partial charge on any atom is 0.350 e. The highest BCUT2D eigenvalue weighted by Gasteiger charge is 2.18. The minimum Gasteiger partial charge on any atom is -0.451 e. The van der Waals surface area contributed by atoms with Crippen LogP contribution >= 0.6 is 11.3 Å². The molecule has 0 aliphatic heterocycles. The summed E-state index contributed by atoms with van der Waals surface area (Å²) in [6.07, 6.45) is 0. The molecule has 5 nitrogen and oxygen atoms in total. The maximum atomic E-state index is 11.9. The molecule has 0 aliphatic carbocycles. The summed E-state index contributed by atoms with van der Waals surface area (Å²) in [5.41, 5.74) is 1.53. The Balaban J connectivity index is 2.58. The summed E-state index contributed by atoms with van der Waals surface area (Å²) in [6.45, 7) is 11.9. The lowest BCUT2D eigenvalue weighted by Gasteiger charge is -2.20. The summed E-state index contributed by atoms with van der Waals surface area (Å²) in [5.74, 6) is -0.712. The Hall–Kier alpha value is -1.69. The molecule has 1 aromatic rings. The standard InChI is InChI=1S/C14H20N2O3S/c1-6-16(7-9(2)3)12(17)8-19-14(18)13-10(4)15-11(5)20-13/h2,6-8H2,1,3-5H3. The number of amides is 1. The minimum absolute atomic E-state index is 0.220. The summed E-state index contributed by atoms with van der Waals surface area (Å²) >= 11 is 1.27. The first-order chi connectivity index (χ1) is 9.35. The van der Waals surface area contributed by atoms with E-state index in [1.807, 2.05) is 20.8 Å². The van der Waals surface area contributed by atoms with Crippen LogP contribution in [0.5, 0.6) is 0 Å². The van der Waals surface area contributed by atoms with Crippen molar-refractivity contribution in [2.75, 3.05) is 19.7 Å². The highest BCUT2D eigenvalue weighted by molar-refractivity contribution is 7.13. The molecular weight excluding hydrogens is 276 g/mol. The van der Waals surface area contributed by atoms with Gasteiger partial charge in [-0.15, -0.1) is 11.3 Å². The fraction of sp³-hybridized carbons (Fsp3) is 0.500. The van der Waals surface area contributed by atoms with Crippen molar-refractivity contribution >= 4 is 23.2 Å². The SMILES string of the molecule is C=C(C)CN(CC)C(=O)COC(=O)c1sc(C)nc1C. The van der Waals surface area contributed by atoms with Gasteiger partial charge >= 0.3 is 5.97 Å². The van der Waals surface area contributed by atoms with Gasteiger partial charge in [0, 0.05) is 13.1 Å². The van der Waals surface area contributed by atoms with Crippen LogP contribution in [0.2, 0.25) is 0 Å². The first-order valence-corrected chi connectivity index (χ1v) is 7.20. The molecule has 1 rings (SSSR count). The van der Waals surface area contributed by atoms with Crippen LogP contribution in [-0.4, -0.2) is 41.5 Å². The molecule has 110 valence electrons. The van der Waals surface area contributed by atoms with Crippen LogP contribution in [0.25, 0.3) is 0 Å². The molecule has 0 saturated heterocycles. The molecule has 1 heterocycles. The van der Waals surface area contributed by atoms with Gasteiger partial charge in [0.2, 0.25) is 0 Å². The van der Waals surface area contributed by atoms with Crippen molar-refractivity contribution in [3.63, 3.8) is 0 Å². The number of rotatable bonds is 6. The van der Waals surface area contributed by atoms with Gasteiger partial charge in [-0.1, -0.05) is 12.2 Å². The monoisotopic (exact) mass is 296 g/mol. The minimum atomic E-state index is -0.493. The molecule has 6 heteroatoms. The summed E-state index contributed by atoms with van der Waals surface area (Å²) in [4.78, 5) is 30.0. The molecule has 0 aromatic carbocycles. The lowest BCUT2D eigenvalue weighted by Crippen LogP contribution is -2.35. The molecule has 1 amide bonds. The lowest BCUT2D eigenvalue weighted by molar-refractivity contribution is -0.133. The highest BCUT2D eigenvalue weighted by Crippen LogP contribution is 2.18. The van der Waals surface area contributed by atoms with Gasteiger partial charge < -0.3 is 9.64 Å². The number of esters is 1. The predicted octanol–water partition coefficient (Wildman–Crippen LogP) is 2.34. The molecule has 0 atom stereocenters. The molecular formula is C14H20N2O3S. The van der Waals surface area contributed by atoms with Crippen LogP contribution < -0.4 is 0 Å². The third kappa shape index (κ3) is 4.45. The van der Waals surface area contributed by atoms with E-state index < -0.39 is 5.97 Å². The topological polar surface area (TPSA) is 59.5 Å². The summed E-state index contributed by atoms with van der Waals surface area (Å²) < 4.78 is 5.06. The first-order valence-electron chi connectivity index (χ1n) is 6.38. The Morgan fingerprint density at radius 2 is 2.05 bits per heavy atom. The zero-order valence-corrected chi connectivity index (χ0v) is 13.2. The van der Waals surface area contributed by atoms with Crippen LogP contribution in [0.15, 0.2) is 12.2 Å². The molecule has 0 unspecified atom stereocenters. The van der Waals surface area contributed by atoms with Crippen LogP contribution in [0.4, 0.5) is 0 Å². The zero-order valence-electron chi connectivity index (χ0n) is 12.4. The normalized spacial score (nSPS) is 10.2. The summed E-state index contributed by atoms with van der Waals surface area (Å²) in [5, 5.41) is 0.804. The van der Waals surface area contributed by atoms with E-state index in [4.69, 9.17) is 4.74 Å². The van der Waals surface area contributed by atoms with Gasteiger partial charge in [-0.05, 0) is 27.7 Å². The van der Waals surface area contributed by atoms with E-state index in [9.17, 15) is 9.59 Å². The average molecular weight is 296 g/mol. The van der Waals surface area contributed by atoms with Gasteiger partial charge in [0.25, 0.3) is 5.91 Å². The van der Waals surface area contributed by atoms with Crippen molar-refractivity contribution in [2.45, 2.75) is 27.7 Å². The number of thiazole rings is 1. The zero-order chi connectivity index (χ0) is 15.3. The number of likely N-dealkylation sites (N-methyl/N-ethyl adjacent to an activating group) is 1. The molecule has 20 heavy (non-hydrogen) atoms. The quantitative estimate of drug-likeness (QED) is 0.597. The van der Waals surface area contributed by atoms with Crippen LogP contribution in [0, 0.1) is 13.8 Å². The first kappa shape index (κ1) is 16.4. The van der Waals surface area contributed by atoms with Gasteiger partial charge in [-0.25, -0.2) is 9.78 Å². The van der Waals surface area contributed by atoms with Crippen molar-refractivity contribution in [1.29, 1.82) is 0 Å². The molecule has 0 radical (unpaired) electrons. The molecule has 1 aromatic heterocycles. The van der Waals surface area contributed by atoms with Crippen molar-refractivity contribution in [3.8, 4) is 0 Å². The number of carbonyl (C=O) groups is 2. The average Bonchev–Trinajstić information content (AvgIpc) is 2.71. The van der Waals surface area contributed by atoms with Crippen molar-refractivity contribution in [1.82, 2.24) is 9.88 Å². The molecule has 0 aliphatic rings. The number of aryl methyl sites for hydroxylation is 2. The Morgan fingerprint density at radius 1 is 1.40 bits per heavy atom. The predicted molar refractivity (Wildman–Crippen MR) is 78.9 cm³/mol. The Bertz CT molecular complexity index is 522. The summed E-state index contributed by atoms with van der Waals surface area (Å²) in [6, 6.07) is 0. The highest BCUT2D eigenvalue weighted by atomic mass is 32.1. The number of nitrogens with zero attached hydrogens (tertiary/aromatic N) is 2. The fourth-order valence-electron chi connectivity index (χ4n) is 1.71. The van der Waals surface area contributed by atoms with Crippen LogP contribution in [0.1, 0.15) is 34.2 Å². The number of carbonyl (C=O) groups excluding carboxylic acids is 2. The molecule has 0 saturated carbocycles. The lowest BCUT2D eigenvalue weighted by atomic mass is 10.3. The second-order valence-electron chi connectivity index (χ2n) is 4.59. The molecule has 0 fully saturated rings. The third-order valence-electron chi connectivity index (χ3n) is 2.61. The van der Waals surface area contributed by atoms with Gasteiger partial charge in [-0.3, -0.25) is 4.79 Å². The van der Waals surface area contributed by atoms with Crippen molar-refractivity contribution in [3.05, 3.63) is 27.7 Å². The van der Waals surface area contributed by atoms with E-state index in [0.717, 1.165) is 10.6 Å². The smallest absolute Gasteiger partial charge is 0.350 e. The van der Waals surface area contributed by atoms with Gasteiger partial charge in [0.1, 0.15) is 4.88 Å². The summed E-state index contributed by atoms with van der Waals surface area (Å²) in [7, 11) is 0. The molecule has 0 bridgehead atoms. The van der Waals surface area contributed by atoms with E-state index in [0.29, 0.717) is 23.7 Å². The fourth-order valence-corrected chi connectivity index (χ4v) is 2.52.